The Hall–Kier alpha value is -0.610. The molecule has 1 unspecified atom stereocenters. The number of nitrogens with one attached hydrogen (secondary N) is 2. The largest absolute Gasteiger partial charge is 0.375 e. The second-order valence-electron chi connectivity index (χ2n) is 5.94. The van der Waals surface area contributed by atoms with E-state index in [1.165, 1.54) is 32.1 Å². The van der Waals surface area contributed by atoms with Crippen LogP contribution in [0.5, 0.6) is 0 Å². The Kier molecular flexibility index (Phi) is 5.64. The lowest BCUT2D eigenvalue weighted by Gasteiger charge is -2.43. The lowest BCUT2D eigenvalue weighted by atomic mass is 9.78. The van der Waals surface area contributed by atoms with Crippen molar-refractivity contribution in [3.05, 3.63) is 0 Å². The molecule has 4 nitrogen and oxygen atoms in total. The van der Waals surface area contributed by atoms with Crippen LogP contribution in [0, 0.1) is 0 Å². The summed E-state index contributed by atoms with van der Waals surface area (Å²) in [6, 6.07) is 0.529. The molecular weight excluding hydrogens is 240 g/mol. The molecule has 1 aliphatic carbocycles. The van der Waals surface area contributed by atoms with Gasteiger partial charge in [-0.1, -0.05) is 19.3 Å². The van der Waals surface area contributed by atoms with E-state index in [2.05, 4.69) is 10.6 Å². The number of hydrogen-bond acceptors (Lipinski definition) is 3. The van der Waals surface area contributed by atoms with Crippen LogP contribution in [0.3, 0.4) is 0 Å². The van der Waals surface area contributed by atoms with E-state index in [9.17, 15) is 4.79 Å². The van der Waals surface area contributed by atoms with Gasteiger partial charge in [-0.3, -0.25) is 4.79 Å². The molecule has 4 heteroatoms. The van der Waals surface area contributed by atoms with E-state index in [0.717, 1.165) is 32.5 Å². The third-order valence-corrected chi connectivity index (χ3v) is 4.42. The SMILES string of the molecule is CCNC(=O)CCNC1CCOC2(CCCCC2)C1. The van der Waals surface area contributed by atoms with Crippen LogP contribution >= 0.6 is 0 Å². The average molecular weight is 268 g/mol. The van der Waals surface area contributed by atoms with E-state index < -0.39 is 0 Å². The second kappa shape index (κ2) is 7.25. The van der Waals surface area contributed by atoms with Gasteiger partial charge in [-0.25, -0.2) is 0 Å². The summed E-state index contributed by atoms with van der Waals surface area (Å²) >= 11 is 0. The monoisotopic (exact) mass is 268 g/mol. The molecule has 0 aromatic rings. The van der Waals surface area contributed by atoms with Crippen molar-refractivity contribution in [3.8, 4) is 0 Å². The number of rotatable bonds is 5. The fourth-order valence-corrected chi connectivity index (χ4v) is 3.42. The Labute approximate surface area is 116 Å². The van der Waals surface area contributed by atoms with Gasteiger partial charge >= 0.3 is 0 Å². The molecule has 1 atom stereocenters. The molecule has 1 amide bonds. The van der Waals surface area contributed by atoms with Gasteiger partial charge in [0.05, 0.1) is 5.60 Å². The molecule has 1 saturated heterocycles. The maximum Gasteiger partial charge on any atom is 0.221 e. The molecule has 2 rings (SSSR count). The van der Waals surface area contributed by atoms with E-state index in [1.807, 2.05) is 6.92 Å². The predicted octanol–water partition coefficient (Wildman–Crippen LogP) is 1.98. The molecule has 0 aromatic heterocycles. The number of carbonyl (C=O) groups is 1. The minimum Gasteiger partial charge on any atom is -0.375 e. The smallest absolute Gasteiger partial charge is 0.221 e. The highest BCUT2D eigenvalue weighted by atomic mass is 16.5. The number of hydrogen-bond donors (Lipinski definition) is 2. The molecule has 2 N–H and O–H groups in total. The first-order chi connectivity index (χ1) is 9.24. The third-order valence-electron chi connectivity index (χ3n) is 4.42. The Bertz CT molecular complexity index is 282. The summed E-state index contributed by atoms with van der Waals surface area (Å²) in [6.07, 6.45) is 9.22. The number of carbonyl (C=O) groups excluding carboxylic acids is 1. The highest BCUT2D eigenvalue weighted by Gasteiger charge is 2.38. The van der Waals surface area contributed by atoms with Crippen molar-refractivity contribution in [1.82, 2.24) is 10.6 Å². The summed E-state index contributed by atoms with van der Waals surface area (Å²) in [5.74, 6) is 0.148. The van der Waals surface area contributed by atoms with Crippen molar-refractivity contribution in [1.29, 1.82) is 0 Å². The third kappa shape index (κ3) is 4.46. The standard InChI is InChI=1S/C15H28N2O2/c1-2-16-14(18)6-10-17-13-7-11-19-15(12-13)8-4-3-5-9-15/h13,17H,2-12H2,1H3,(H,16,18). The lowest BCUT2D eigenvalue weighted by Crippen LogP contribution is -2.48. The molecule has 19 heavy (non-hydrogen) atoms. The van der Waals surface area contributed by atoms with E-state index in [4.69, 9.17) is 4.74 Å². The van der Waals surface area contributed by atoms with Crippen molar-refractivity contribution in [2.75, 3.05) is 19.7 Å². The normalized spacial score (nSPS) is 26.3. The number of ether oxygens (including phenoxy) is 1. The average Bonchev–Trinajstić information content (AvgIpc) is 2.40. The van der Waals surface area contributed by atoms with Crippen LogP contribution in [0.15, 0.2) is 0 Å². The van der Waals surface area contributed by atoms with E-state index in [0.29, 0.717) is 12.5 Å². The Balaban J connectivity index is 1.70. The highest BCUT2D eigenvalue weighted by molar-refractivity contribution is 5.75. The first kappa shape index (κ1) is 14.8. The van der Waals surface area contributed by atoms with Crippen molar-refractivity contribution in [2.24, 2.45) is 0 Å². The summed E-state index contributed by atoms with van der Waals surface area (Å²) in [5.41, 5.74) is 0.153. The minimum absolute atomic E-state index is 0.148. The molecular formula is C15H28N2O2. The zero-order chi connectivity index (χ0) is 13.6. The van der Waals surface area contributed by atoms with Gasteiger partial charge < -0.3 is 15.4 Å². The van der Waals surface area contributed by atoms with Gasteiger partial charge in [0.2, 0.25) is 5.91 Å². The fraction of sp³-hybridized carbons (Fsp3) is 0.933. The van der Waals surface area contributed by atoms with Gasteiger partial charge in [-0.15, -0.1) is 0 Å². The summed E-state index contributed by atoms with van der Waals surface area (Å²) in [7, 11) is 0. The Morgan fingerprint density at radius 3 is 2.84 bits per heavy atom. The van der Waals surface area contributed by atoms with Crippen LogP contribution in [0.1, 0.15) is 58.3 Å². The van der Waals surface area contributed by atoms with Crippen LogP contribution < -0.4 is 10.6 Å². The second-order valence-corrected chi connectivity index (χ2v) is 5.94. The van der Waals surface area contributed by atoms with Gasteiger partial charge in [0.15, 0.2) is 0 Å². The van der Waals surface area contributed by atoms with E-state index in [1.54, 1.807) is 0 Å². The molecule has 0 radical (unpaired) electrons. The predicted molar refractivity (Wildman–Crippen MR) is 76.1 cm³/mol. The summed E-state index contributed by atoms with van der Waals surface area (Å²) in [4.78, 5) is 11.4. The molecule has 2 fully saturated rings. The Morgan fingerprint density at radius 2 is 2.11 bits per heavy atom. The van der Waals surface area contributed by atoms with Gasteiger partial charge in [-0.05, 0) is 32.6 Å². The Morgan fingerprint density at radius 1 is 1.32 bits per heavy atom. The first-order valence-corrected chi connectivity index (χ1v) is 7.88. The fourth-order valence-electron chi connectivity index (χ4n) is 3.42. The van der Waals surface area contributed by atoms with Gasteiger partial charge in [0.1, 0.15) is 0 Å². The zero-order valence-electron chi connectivity index (χ0n) is 12.2. The number of amides is 1. The van der Waals surface area contributed by atoms with Crippen LogP contribution in [-0.2, 0) is 9.53 Å². The van der Waals surface area contributed by atoms with Gasteiger partial charge in [0, 0.05) is 32.2 Å². The summed E-state index contributed by atoms with van der Waals surface area (Å²) in [6.45, 7) is 4.33. The topological polar surface area (TPSA) is 50.4 Å². The summed E-state index contributed by atoms with van der Waals surface area (Å²) in [5, 5.41) is 6.38. The van der Waals surface area contributed by atoms with Crippen molar-refractivity contribution >= 4 is 5.91 Å². The zero-order valence-corrected chi connectivity index (χ0v) is 12.2. The van der Waals surface area contributed by atoms with Crippen molar-refractivity contribution in [2.45, 2.75) is 69.9 Å². The molecule has 1 aliphatic heterocycles. The van der Waals surface area contributed by atoms with Crippen LogP contribution in [0.25, 0.3) is 0 Å². The molecule has 1 spiro atoms. The van der Waals surface area contributed by atoms with Crippen LogP contribution in [0.4, 0.5) is 0 Å². The maximum absolute atomic E-state index is 11.4. The molecule has 110 valence electrons. The van der Waals surface area contributed by atoms with E-state index in [-0.39, 0.29) is 11.5 Å². The molecule has 1 saturated carbocycles. The molecule has 2 aliphatic rings. The molecule has 0 bridgehead atoms. The van der Waals surface area contributed by atoms with Gasteiger partial charge in [0.25, 0.3) is 0 Å². The van der Waals surface area contributed by atoms with Gasteiger partial charge in [-0.2, -0.15) is 0 Å². The summed E-state index contributed by atoms with van der Waals surface area (Å²) < 4.78 is 6.08. The molecule has 1 heterocycles. The highest BCUT2D eigenvalue weighted by Crippen LogP contribution is 2.38. The van der Waals surface area contributed by atoms with E-state index >= 15 is 0 Å². The first-order valence-electron chi connectivity index (χ1n) is 7.88. The minimum atomic E-state index is 0.148. The lowest BCUT2D eigenvalue weighted by molar-refractivity contribution is -0.121. The molecule has 0 aromatic carbocycles. The maximum atomic E-state index is 11.4. The van der Waals surface area contributed by atoms with Crippen LogP contribution in [-0.4, -0.2) is 37.2 Å². The van der Waals surface area contributed by atoms with Crippen LogP contribution in [0.2, 0.25) is 0 Å². The van der Waals surface area contributed by atoms with Crippen molar-refractivity contribution < 1.29 is 9.53 Å². The quantitative estimate of drug-likeness (QED) is 0.801. The van der Waals surface area contributed by atoms with Crippen molar-refractivity contribution in [3.63, 3.8) is 0 Å².